The van der Waals surface area contributed by atoms with Gasteiger partial charge in [0.2, 0.25) is 5.91 Å². The molecule has 0 bridgehead atoms. The molecule has 35 heavy (non-hydrogen) atoms. The molecule has 3 atom stereocenters. The molecule has 0 saturated heterocycles. The third-order valence-corrected chi connectivity index (χ3v) is 6.17. The van der Waals surface area contributed by atoms with Crippen LogP contribution in [0.4, 0.5) is 4.79 Å². The van der Waals surface area contributed by atoms with Crippen LogP contribution in [0.1, 0.15) is 32.4 Å². The average molecular weight is 490 g/mol. The van der Waals surface area contributed by atoms with Gasteiger partial charge in [-0.2, -0.15) is 0 Å². The van der Waals surface area contributed by atoms with E-state index in [2.05, 4.69) is 10.3 Å². The Labute approximate surface area is 205 Å². The second-order valence-electron chi connectivity index (χ2n) is 8.88. The molecule has 11 heteroatoms. The number of carbonyl (C=O) groups excluding carboxylic acids is 2. The molecule has 11 nitrogen and oxygen atoms in total. The summed E-state index contributed by atoms with van der Waals surface area (Å²) in [5, 5.41) is 17.8. The van der Waals surface area contributed by atoms with Gasteiger partial charge >= 0.3 is 6.09 Å². The number of nitrogens with zero attached hydrogens (tertiary/aromatic N) is 5. The van der Waals surface area contributed by atoms with Crippen molar-refractivity contribution in [3.63, 3.8) is 0 Å². The summed E-state index contributed by atoms with van der Waals surface area (Å²) >= 11 is 0. The second kappa shape index (κ2) is 12.5. The Balaban J connectivity index is 1.74. The summed E-state index contributed by atoms with van der Waals surface area (Å²) in [4.78, 5) is 28.8. The number of likely N-dealkylation sites (N-methyl/N-ethyl adjacent to an activating group) is 1. The quantitative estimate of drug-likeness (QED) is 0.654. The number of hydrogen-bond acceptors (Lipinski definition) is 8. The number of ether oxygens (including phenoxy) is 3. The summed E-state index contributed by atoms with van der Waals surface area (Å²) in [5.74, 6) is 0.900. The van der Waals surface area contributed by atoms with Crippen molar-refractivity contribution in [3.05, 3.63) is 36.2 Å². The van der Waals surface area contributed by atoms with Crippen molar-refractivity contribution in [1.82, 2.24) is 24.8 Å². The molecule has 0 spiro atoms. The first-order valence-electron chi connectivity index (χ1n) is 11.8. The topological polar surface area (TPSA) is 119 Å². The fourth-order valence-electron chi connectivity index (χ4n) is 3.91. The number of carbonyl (C=O) groups is 2. The Morgan fingerprint density at radius 3 is 2.71 bits per heavy atom. The number of fused-ring (bicyclic) bond motifs is 1. The first kappa shape index (κ1) is 26.4. The molecule has 2 amide bonds. The minimum atomic E-state index is -0.527. The number of aryl methyl sites for hydroxylation is 1. The van der Waals surface area contributed by atoms with Gasteiger partial charge in [0.15, 0.2) is 0 Å². The zero-order valence-corrected chi connectivity index (χ0v) is 20.8. The van der Waals surface area contributed by atoms with Crippen LogP contribution in [0.3, 0.4) is 0 Å². The Bertz CT molecular complexity index is 966. The molecule has 2 heterocycles. The summed E-state index contributed by atoms with van der Waals surface area (Å²) in [6.07, 6.45) is 1.67. The maximum Gasteiger partial charge on any atom is 0.415 e. The monoisotopic (exact) mass is 489 g/mol. The first-order chi connectivity index (χ1) is 16.8. The van der Waals surface area contributed by atoms with E-state index < -0.39 is 12.2 Å². The standard InChI is InChI=1S/C24H35N5O6/c1-17-13-28(18(2)15-30)23(31)6-5-11-29-19(12-25-26-29)16-34-22(17)14-27(3)24(32)35-21-9-7-20(33-4)8-10-21/h7-10,12,17-18,22,30H,5-6,11,13-16H2,1-4H3/t17-,18+,22+/m0/s1. The molecule has 192 valence electrons. The molecule has 0 unspecified atom stereocenters. The summed E-state index contributed by atoms with van der Waals surface area (Å²) in [7, 11) is 3.21. The number of aliphatic hydroxyl groups is 1. The zero-order valence-electron chi connectivity index (χ0n) is 20.8. The van der Waals surface area contributed by atoms with Gasteiger partial charge in [0.25, 0.3) is 0 Å². The predicted molar refractivity (Wildman–Crippen MR) is 127 cm³/mol. The predicted octanol–water partition coefficient (Wildman–Crippen LogP) is 1.94. The third-order valence-electron chi connectivity index (χ3n) is 6.17. The van der Waals surface area contributed by atoms with Crippen LogP contribution < -0.4 is 9.47 Å². The second-order valence-corrected chi connectivity index (χ2v) is 8.88. The summed E-state index contributed by atoms with van der Waals surface area (Å²) < 4.78 is 18.6. The largest absolute Gasteiger partial charge is 0.497 e. The van der Waals surface area contributed by atoms with E-state index in [0.717, 1.165) is 5.69 Å². The van der Waals surface area contributed by atoms with Crippen LogP contribution in [0.15, 0.2) is 30.5 Å². The maximum atomic E-state index is 12.9. The lowest BCUT2D eigenvalue weighted by atomic mass is 10.0. The van der Waals surface area contributed by atoms with Crippen LogP contribution in [0.25, 0.3) is 0 Å². The Morgan fingerprint density at radius 1 is 1.31 bits per heavy atom. The number of amides is 2. The molecule has 0 fully saturated rings. The minimum absolute atomic E-state index is 0.0355. The Morgan fingerprint density at radius 2 is 2.03 bits per heavy atom. The molecular weight excluding hydrogens is 454 g/mol. The van der Waals surface area contributed by atoms with Crippen molar-refractivity contribution < 1.29 is 28.9 Å². The van der Waals surface area contributed by atoms with E-state index in [1.54, 1.807) is 54.2 Å². The van der Waals surface area contributed by atoms with Gasteiger partial charge in [-0.1, -0.05) is 12.1 Å². The molecule has 0 radical (unpaired) electrons. The van der Waals surface area contributed by atoms with Crippen molar-refractivity contribution in [2.45, 2.75) is 52.0 Å². The highest BCUT2D eigenvalue weighted by molar-refractivity contribution is 5.76. The van der Waals surface area contributed by atoms with E-state index in [1.165, 1.54) is 4.90 Å². The molecular formula is C24H35N5O6. The van der Waals surface area contributed by atoms with Gasteiger partial charge in [-0.15, -0.1) is 5.10 Å². The number of aromatic nitrogens is 3. The van der Waals surface area contributed by atoms with Gasteiger partial charge in [-0.3, -0.25) is 4.79 Å². The van der Waals surface area contributed by atoms with E-state index in [1.807, 2.05) is 13.8 Å². The summed E-state index contributed by atoms with van der Waals surface area (Å²) in [5.41, 5.74) is 0.805. The van der Waals surface area contributed by atoms with Crippen LogP contribution in [-0.4, -0.2) is 87.9 Å². The van der Waals surface area contributed by atoms with E-state index >= 15 is 0 Å². The molecule has 0 saturated carbocycles. The molecule has 3 rings (SSSR count). The Kier molecular flexibility index (Phi) is 9.44. The molecule has 1 aliphatic rings. The van der Waals surface area contributed by atoms with Crippen LogP contribution in [-0.2, 0) is 22.7 Å². The van der Waals surface area contributed by atoms with Crippen molar-refractivity contribution in [1.29, 1.82) is 0 Å². The smallest absolute Gasteiger partial charge is 0.415 e. The van der Waals surface area contributed by atoms with Gasteiger partial charge in [-0.05, 0) is 37.6 Å². The molecule has 1 aliphatic heterocycles. The Hall–Kier alpha value is -3.18. The van der Waals surface area contributed by atoms with Gasteiger partial charge < -0.3 is 29.1 Å². The molecule has 2 aromatic rings. The molecule has 1 N–H and O–H groups in total. The SMILES string of the molecule is COc1ccc(OC(=O)N(C)C[C@H]2OCc3cnnn3CCCC(=O)N([C@H](C)CO)C[C@@H]2C)cc1. The van der Waals surface area contributed by atoms with Crippen LogP contribution in [0.2, 0.25) is 0 Å². The van der Waals surface area contributed by atoms with Gasteiger partial charge in [-0.25, -0.2) is 9.48 Å². The third kappa shape index (κ3) is 7.15. The number of methoxy groups -OCH3 is 1. The highest BCUT2D eigenvalue weighted by atomic mass is 16.6. The fraction of sp³-hybridized carbons (Fsp3) is 0.583. The van der Waals surface area contributed by atoms with Crippen LogP contribution in [0.5, 0.6) is 11.5 Å². The van der Waals surface area contributed by atoms with Gasteiger partial charge in [0.1, 0.15) is 11.5 Å². The maximum absolute atomic E-state index is 12.9. The van der Waals surface area contributed by atoms with E-state index in [0.29, 0.717) is 37.4 Å². The fourth-order valence-corrected chi connectivity index (χ4v) is 3.91. The molecule has 1 aromatic heterocycles. The zero-order chi connectivity index (χ0) is 25.4. The van der Waals surface area contributed by atoms with Crippen LogP contribution >= 0.6 is 0 Å². The number of hydrogen-bond donors (Lipinski definition) is 1. The van der Waals surface area contributed by atoms with E-state index in [4.69, 9.17) is 14.2 Å². The lowest BCUT2D eigenvalue weighted by molar-refractivity contribution is -0.136. The lowest BCUT2D eigenvalue weighted by Gasteiger charge is -2.35. The first-order valence-corrected chi connectivity index (χ1v) is 11.8. The van der Waals surface area contributed by atoms with Crippen molar-refractivity contribution in [2.24, 2.45) is 5.92 Å². The highest BCUT2D eigenvalue weighted by Crippen LogP contribution is 2.20. The van der Waals surface area contributed by atoms with Crippen molar-refractivity contribution >= 4 is 12.0 Å². The van der Waals surface area contributed by atoms with Gasteiger partial charge in [0, 0.05) is 32.5 Å². The van der Waals surface area contributed by atoms with Crippen molar-refractivity contribution in [3.8, 4) is 11.5 Å². The highest BCUT2D eigenvalue weighted by Gasteiger charge is 2.29. The minimum Gasteiger partial charge on any atom is -0.497 e. The normalized spacial score (nSPS) is 20.3. The number of rotatable bonds is 6. The average Bonchev–Trinajstić information content (AvgIpc) is 3.31. The summed E-state index contributed by atoms with van der Waals surface area (Å²) in [6.45, 7) is 5.11. The summed E-state index contributed by atoms with van der Waals surface area (Å²) in [6, 6.07) is 6.42. The van der Waals surface area contributed by atoms with Gasteiger partial charge in [0.05, 0.1) is 50.9 Å². The lowest BCUT2D eigenvalue weighted by Crippen LogP contribution is -2.48. The number of benzene rings is 1. The van der Waals surface area contributed by atoms with Crippen LogP contribution in [0, 0.1) is 5.92 Å². The van der Waals surface area contributed by atoms with E-state index in [9.17, 15) is 14.7 Å². The molecule has 1 aromatic carbocycles. The van der Waals surface area contributed by atoms with Crippen molar-refractivity contribution in [2.75, 3.05) is 33.9 Å². The van der Waals surface area contributed by atoms with E-state index in [-0.39, 0.29) is 37.6 Å². The molecule has 0 aliphatic carbocycles. The number of aliphatic hydroxyl groups excluding tert-OH is 1.